The summed E-state index contributed by atoms with van der Waals surface area (Å²) in [5.74, 6) is -0.747. The van der Waals surface area contributed by atoms with Crippen molar-refractivity contribution in [3.63, 3.8) is 0 Å². The van der Waals surface area contributed by atoms with E-state index in [9.17, 15) is 14.0 Å². The molecule has 2 aliphatic heterocycles. The van der Waals surface area contributed by atoms with Gasteiger partial charge in [0.05, 0.1) is 25.2 Å². The normalized spacial score (nSPS) is 18.4. The highest BCUT2D eigenvalue weighted by Gasteiger charge is 2.32. The Morgan fingerprint density at radius 2 is 1.79 bits per heavy atom. The Hall–Kier alpha value is -3.52. The smallest absolute Gasteiger partial charge is 0.274 e. The van der Waals surface area contributed by atoms with Crippen molar-refractivity contribution < 1.29 is 18.7 Å². The number of fused-ring (bicyclic) bond motifs is 1. The number of imidazole rings is 1. The molecule has 1 saturated heterocycles. The van der Waals surface area contributed by atoms with Gasteiger partial charge in [-0.15, -0.1) is 0 Å². The summed E-state index contributed by atoms with van der Waals surface area (Å²) in [6.45, 7) is 2.07. The number of benzene rings is 2. The molecule has 1 N–H and O–H groups in total. The van der Waals surface area contributed by atoms with Crippen molar-refractivity contribution in [3.8, 4) is 0 Å². The molecule has 3 heterocycles. The van der Waals surface area contributed by atoms with E-state index >= 15 is 0 Å². The Balaban J connectivity index is 1.16. The van der Waals surface area contributed by atoms with Crippen LogP contribution >= 0.6 is 0 Å². The number of nitrogens with one attached hydrogen (secondary N) is 1. The van der Waals surface area contributed by atoms with Gasteiger partial charge in [0.15, 0.2) is 5.69 Å². The van der Waals surface area contributed by atoms with Crippen LogP contribution in [-0.4, -0.2) is 39.4 Å². The topological polar surface area (TPSA) is 76.5 Å². The Morgan fingerprint density at radius 3 is 2.56 bits per heavy atom. The van der Waals surface area contributed by atoms with Crippen LogP contribution in [0.5, 0.6) is 0 Å². The Morgan fingerprint density at radius 1 is 1.06 bits per heavy atom. The quantitative estimate of drug-likeness (QED) is 0.630. The number of piperidine rings is 1. The maximum Gasteiger partial charge on any atom is 0.274 e. The zero-order chi connectivity index (χ0) is 23.5. The third-order valence-corrected chi connectivity index (χ3v) is 6.67. The number of hydrogen-bond donors (Lipinski definition) is 1. The fourth-order valence-corrected chi connectivity index (χ4v) is 4.64. The average Bonchev–Trinajstić information content (AvgIpc) is 3.31. The molecule has 0 unspecified atom stereocenters. The molecule has 0 radical (unpaired) electrons. The lowest BCUT2D eigenvalue weighted by molar-refractivity contribution is -0.126. The second-order valence-electron chi connectivity index (χ2n) is 8.78. The molecule has 34 heavy (non-hydrogen) atoms. The fourth-order valence-electron chi connectivity index (χ4n) is 4.64. The number of ether oxygens (including phenoxy) is 1. The molecular formula is C26H27FN4O3. The number of hydrogen-bond acceptors (Lipinski definition) is 4. The van der Waals surface area contributed by atoms with Crippen LogP contribution in [0.1, 0.15) is 46.3 Å². The van der Waals surface area contributed by atoms with Crippen LogP contribution in [0.2, 0.25) is 0 Å². The average molecular weight is 463 g/mol. The highest BCUT2D eigenvalue weighted by atomic mass is 19.1. The molecule has 0 aliphatic carbocycles. The van der Waals surface area contributed by atoms with Gasteiger partial charge in [0.2, 0.25) is 5.91 Å². The minimum atomic E-state index is -0.328. The summed E-state index contributed by atoms with van der Waals surface area (Å²) >= 11 is 0. The minimum absolute atomic E-state index is 0.0653. The first-order valence-corrected chi connectivity index (χ1v) is 11.6. The van der Waals surface area contributed by atoms with E-state index in [1.165, 1.54) is 6.07 Å². The van der Waals surface area contributed by atoms with Crippen molar-refractivity contribution >= 4 is 11.8 Å². The van der Waals surface area contributed by atoms with E-state index in [2.05, 4.69) is 10.3 Å². The second-order valence-corrected chi connectivity index (χ2v) is 8.78. The first-order valence-electron chi connectivity index (χ1n) is 11.6. The molecule has 176 valence electrons. The summed E-state index contributed by atoms with van der Waals surface area (Å²) in [7, 11) is 0. The van der Waals surface area contributed by atoms with Crippen molar-refractivity contribution in [2.24, 2.45) is 5.92 Å². The molecule has 2 aliphatic rings. The number of carbonyl (C=O) groups is 2. The molecule has 2 amide bonds. The van der Waals surface area contributed by atoms with Crippen LogP contribution in [0.15, 0.2) is 60.9 Å². The standard InChI is InChI=1S/C26H27FN4O3/c27-21-9-5-4-8-20(21)14-28-25(32)19-10-12-30(13-11-19)26(33)24-22-16-34-23(15-31(22)17-29-24)18-6-2-1-3-7-18/h1-9,17,19,23H,10-16H2,(H,28,32)/t23-/m0/s1. The van der Waals surface area contributed by atoms with Gasteiger partial charge in [-0.1, -0.05) is 48.5 Å². The number of aromatic nitrogens is 2. The number of nitrogens with zero attached hydrogens (tertiary/aromatic N) is 3. The summed E-state index contributed by atoms with van der Waals surface area (Å²) in [6.07, 6.45) is 2.78. The van der Waals surface area contributed by atoms with Crippen LogP contribution in [0, 0.1) is 11.7 Å². The number of carbonyl (C=O) groups excluding carboxylic acids is 2. The maximum atomic E-state index is 13.8. The first kappa shape index (κ1) is 22.3. The monoisotopic (exact) mass is 462 g/mol. The first-order chi connectivity index (χ1) is 16.6. The van der Waals surface area contributed by atoms with Gasteiger partial charge in [-0.05, 0) is 24.5 Å². The van der Waals surface area contributed by atoms with Gasteiger partial charge in [0.1, 0.15) is 11.9 Å². The molecule has 8 heteroatoms. The predicted molar refractivity (Wildman–Crippen MR) is 123 cm³/mol. The summed E-state index contributed by atoms with van der Waals surface area (Å²) in [4.78, 5) is 31.9. The predicted octanol–water partition coefficient (Wildman–Crippen LogP) is 3.46. The van der Waals surface area contributed by atoms with E-state index in [0.29, 0.717) is 50.3 Å². The molecule has 0 spiro atoms. The van der Waals surface area contributed by atoms with Gasteiger partial charge >= 0.3 is 0 Å². The van der Waals surface area contributed by atoms with Crippen LogP contribution in [0.3, 0.4) is 0 Å². The lowest BCUT2D eigenvalue weighted by Gasteiger charge is -2.31. The molecular weight excluding hydrogens is 435 g/mol. The van der Waals surface area contributed by atoms with Crippen molar-refractivity contribution in [2.45, 2.75) is 38.6 Å². The molecule has 1 atom stereocenters. The van der Waals surface area contributed by atoms with E-state index < -0.39 is 0 Å². The molecule has 1 fully saturated rings. The molecule has 3 aromatic rings. The van der Waals surface area contributed by atoms with Crippen LogP contribution in [-0.2, 0) is 29.2 Å². The van der Waals surface area contributed by atoms with Crippen molar-refractivity contribution in [1.29, 1.82) is 0 Å². The van der Waals surface area contributed by atoms with E-state index in [1.54, 1.807) is 29.4 Å². The highest BCUT2D eigenvalue weighted by molar-refractivity contribution is 5.93. The van der Waals surface area contributed by atoms with Gasteiger partial charge in [-0.3, -0.25) is 9.59 Å². The van der Waals surface area contributed by atoms with Crippen molar-refractivity contribution in [3.05, 3.63) is 89.3 Å². The largest absolute Gasteiger partial charge is 0.365 e. The van der Waals surface area contributed by atoms with Crippen LogP contribution in [0.25, 0.3) is 0 Å². The Labute approximate surface area is 197 Å². The summed E-state index contributed by atoms with van der Waals surface area (Å²) in [5.41, 5.74) is 2.78. The van der Waals surface area contributed by atoms with Gasteiger partial charge in [0.25, 0.3) is 5.91 Å². The number of halogens is 1. The van der Waals surface area contributed by atoms with E-state index in [4.69, 9.17) is 4.74 Å². The summed E-state index contributed by atoms with van der Waals surface area (Å²) < 4.78 is 21.8. The zero-order valence-corrected chi connectivity index (χ0v) is 18.8. The third-order valence-electron chi connectivity index (χ3n) is 6.67. The Kier molecular flexibility index (Phi) is 6.40. The van der Waals surface area contributed by atoms with Gasteiger partial charge < -0.3 is 19.5 Å². The molecule has 7 nitrogen and oxygen atoms in total. The summed E-state index contributed by atoms with van der Waals surface area (Å²) in [6, 6.07) is 16.4. The number of likely N-dealkylation sites (tertiary alicyclic amines) is 1. The maximum absolute atomic E-state index is 13.8. The molecule has 0 saturated carbocycles. The Bertz CT molecular complexity index is 1170. The zero-order valence-electron chi connectivity index (χ0n) is 18.8. The SMILES string of the molecule is O=C(NCc1ccccc1F)C1CCN(C(=O)c2ncn3c2CO[C@H](c2ccccc2)C3)CC1. The van der Waals surface area contributed by atoms with Gasteiger partial charge in [-0.2, -0.15) is 0 Å². The lowest BCUT2D eigenvalue weighted by atomic mass is 9.95. The minimum Gasteiger partial charge on any atom is -0.365 e. The third kappa shape index (κ3) is 4.59. The fraction of sp³-hybridized carbons (Fsp3) is 0.346. The molecule has 5 rings (SSSR count). The van der Waals surface area contributed by atoms with Gasteiger partial charge in [0, 0.05) is 31.1 Å². The van der Waals surface area contributed by atoms with Gasteiger partial charge in [-0.25, -0.2) is 9.37 Å². The van der Waals surface area contributed by atoms with Crippen LogP contribution < -0.4 is 5.32 Å². The van der Waals surface area contributed by atoms with E-state index in [-0.39, 0.29) is 36.2 Å². The lowest BCUT2D eigenvalue weighted by Crippen LogP contribution is -2.43. The van der Waals surface area contributed by atoms with E-state index in [0.717, 1.165) is 11.3 Å². The second kappa shape index (κ2) is 9.77. The highest BCUT2D eigenvalue weighted by Crippen LogP contribution is 2.28. The van der Waals surface area contributed by atoms with Crippen molar-refractivity contribution in [2.75, 3.05) is 13.1 Å². The van der Waals surface area contributed by atoms with Crippen molar-refractivity contribution in [1.82, 2.24) is 19.8 Å². The molecule has 0 bridgehead atoms. The molecule has 1 aromatic heterocycles. The summed E-state index contributed by atoms with van der Waals surface area (Å²) in [5, 5.41) is 2.83. The molecule has 2 aromatic carbocycles. The van der Waals surface area contributed by atoms with Crippen LogP contribution in [0.4, 0.5) is 4.39 Å². The number of rotatable bonds is 5. The van der Waals surface area contributed by atoms with E-state index in [1.807, 2.05) is 34.9 Å². The number of amides is 2.